The number of allylic oxidation sites excluding steroid dienone is 19. The molecule has 0 spiro atoms. The number of rotatable bonds is 52. The van der Waals surface area contributed by atoms with Crippen molar-refractivity contribution < 1.29 is 37.3 Å². The first-order valence-corrected chi connectivity index (χ1v) is 31.3. The lowest BCUT2D eigenvalue weighted by Gasteiger charge is -2.30. The van der Waals surface area contributed by atoms with Gasteiger partial charge in [0.25, 0.3) is 7.82 Å². The Labute approximate surface area is 461 Å². The minimum absolute atomic E-state index is 0.0412. The van der Waals surface area contributed by atoms with Crippen LogP contribution in [-0.4, -0.2) is 69.4 Å². The molecule has 0 fully saturated rings. The van der Waals surface area contributed by atoms with Crippen LogP contribution in [0, 0.1) is 0 Å². The van der Waals surface area contributed by atoms with Crippen molar-refractivity contribution >= 4 is 19.7 Å². The minimum atomic E-state index is -4.72. The van der Waals surface area contributed by atoms with E-state index in [1.54, 1.807) is 6.08 Å². The molecule has 0 saturated heterocycles. The van der Waals surface area contributed by atoms with Gasteiger partial charge in [-0.15, -0.1) is 0 Å². The molecule has 9 nitrogen and oxygen atoms in total. The molecular formula is C65H111N2O7P. The van der Waals surface area contributed by atoms with Gasteiger partial charge in [0.1, 0.15) is 19.3 Å². The third-order valence-electron chi connectivity index (χ3n) is 12.4. The van der Waals surface area contributed by atoms with Gasteiger partial charge in [-0.05, 0) is 122 Å². The van der Waals surface area contributed by atoms with Gasteiger partial charge in [-0.1, -0.05) is 213 Å². The van der Waals surface area contributed by atoms with Crippen LogP contribution in [0.15, 0.2) is 122 Å². The lowest BCUT2D eigenvalue weighted by atomic mass is 10.1. The fourth-order valence-corrected chi connectivity index (χ4v) is 8.49. The molecule has 10 heteroatoms. The summed E-state index contributed by atoms with van der Waals surface area (Å²) in [5, 5.41) is 2.99. The molecule has 0 aliphatic rings. The van der Waals surface area contributed by atoms with Crippen molar-refractivity contribution in [2.45, 2.75) is 238 Å². The Hall–Kier alpha value is -3.59. The van der Waals surface area contributed by atoms with Crippen molar-refractivity contribution in [1.29, 1.82) is 0 Å². The average Bonchev–Trinajstić information content (AvgIpc) is 3.37. The average molecular weight is 1060 g/mol. The quantitative estimate of drug-likeness (QED) is 0.0212. The molecule has 3 atom stereocenters. The Bertz CT molecular complexity index is 1700. The minimum Gasteiger partial charge on any atom is -0.756 e. The predicted octanol–water partition coefficient (Wildman–Crippen LogP) is 17.7. The molecule has 0 aromatic heterocycles. The van der Waals surface area contributed by atoms with Gasteiger partial charge >= 0.3 is 5.97 Å². The highest BCUT2D eigenvalue weighted by Crippen LogP contribution is 2.38. The van der Waals surface area contributed by atoms with Gasteiger partial charge in [0.15, 0.2) is 0 Å². The number of carbonyl (C=O) groups excluding carboxylic acids is 2. The number of unbranched alkanes of at least 4 members (excludes halogenated alkanes) is 18. The summed E-state index contributed by atoms with van der Waals surface area (Å²) >= 11 is 0. The summed E-state index contributed by atoms with van der Waals surface area (Å²) in [6, 6.07) is -0.927. The van der Waals surface area contributed by atoms with Crippen molar-refractivity contribution in [2.75, 3.05) is 40.9 Å². The van der Waals surface area contributed by atoms with Gasteiger partial charge in [0, 0.05) is 12.8 Å². The summed E-state index contributed by atoms with van der Waals surface area (Å²) in [7, 11) is 1.12. The van der Waals surface area contributed by atoms with E-state index in [-0.39, 0.29) is 31.3 Å². The fraction of sp³-hybridized carbons (Fsp3) is 0.662. The number of likely N-dealkylation sites (N-methyl/N-ethyl adjacent to an activating group) is 1. The van der Waals surface area contributed by atoms with E-state index in [0.717, 1.165) is 109 Å². The lowest BCUT2D eigenvalue weighted by Crippen LogP contribution is -2.47. The van der Waals surface area contributed by atoms with Crippen LogP contribution in [0.2, 0.25) is 0 Å². The van der Waals surface area contributed by atoms with Crippen molar-refractivity contribution in [3.63, 3.8) is 0 Å². The highest BCUT2D eigenvalue weighted by atomic mass is 31.2. The first-order chi connectivity index (χ1) is 36.4. The van der Waals surface area contributed by atoms with Crippen LogP contribution in [0.1, 0.15) is 226 Å². The summed E-state index contributed by atoms with van der Waals surface area (Å²) in [5.74, 6) is -0.625. The number of carbonyl (C=O) groups is 2. The van der Waals surface area contributed by atoms with Gasteiger partial charge in [-0.3, -0.25) is 14.2 Å². The van der Waals surface area contributed by atoms with Crippen LogP contribution in [0.4, 0.5) is 0 Å². The highest BCUT2D eigenvalue weighted by molar-refractivity contribution is 7.45. The van der Waals surface area contributed by atoms with Gasteiger partial charge in [0.2, 0.25) is 5.91 Å². The zero-order valence-electron chi connectivity index (χ0n) is 48.7. The number of quaternary nitrogens is 1. The number of ether oxygens (including phenoxy) is 1. The van der Waals surface area contributed by atoms with Gasteiger partial charge in [-0.25, -0.2) is 0 Å². The van der Waals surface area contributed by atoms with E-state index in [1.165, 1.54) is 70.6 Å². The molecule has 0 aromatic carbocycles. The topological polar surface area (TPSA) is 114 Å². The molecule has 0 bridgehead atoms. The number of phosphoric ester groups is 1. The van der Waals surface area contributed by atoms with Crippen LogP contribution in [0.25, 0.3) is 0 Å². The predicted molar refractivity (Wildman–Crippen MR) is 320 cm³/mol. The van der Waals surface area contributed by atoms with E-state index in [1.807, 2.05) is 27.2 Å². The Morgan fingerprint density at radius 3 is 1.31 bits per heavy atom. The van der Waals surface area contributed by atoms with Crippen LogP contribution < -0.4 is 10.2 Å². The number of phosphoric acid groups is 1. The molecule has 1 N–H and O–H groups in total. The SMILES string of the molecule is CC/C=C\C/C=C\C/C=C\C/C=C\C/C=C\CCCCCC(=O)OC(/C=C/CCCCCCCCCCC)C(COP(=O)([O-])OCC[N+](C)(C)C)NC(=O)CCCCC/C=C\C/C=C\C/C=C\C/C=C\CCCCC. The molecule has 0 rings (SSSR count). The van der Waals surface area contributed by atoms with Crippen LogP contribution in [-0.2, 0) is 27.9 Å². The zero-order valence-corrected chi connectivity index (χ0v) is 49.6. The van der Waals surface area contributed by atoms with E-state index in [9.17, 15) is 19.0 Å². The molecule has 0 aliphatic heterocycles. The zero-order chi connectivity index (χ0) is 55.0. The summed E-state index contributed by atoms with van der Waals surface area (Å²) < 4.78 is 30.2. The molecule has 0 aliphatic carbocycles. The molecule has 0 radical (unpaired) electrons. The fourth-order valence-electron chi connectivity index (χ4n) is 7.76. The van der Waals surface area contributed by atoms with E-state index < -0.39 is 26.6 Å². The van der Waals surface area contributed by atoms with Crippen LogP contribution in [0.5, 0.6) is 0 Å². The maximum absolute atomic E-state index is 13.5. The van der Waals surface area contributed by atoms with Crippen LogP contribution in [0.3, 0.4) is 0 Å². The largest absolute Gasteiger partial charge is 0.756 e. The first kappa shape index (κ1) is 71.4. The third-order valence-corrected chi connectivity index (χ3v) is 13.3. The summed E-state index contributed by atoms with van der Waals surface area (Å²) in [4.78, 5) is 39.9. The number of nitrogens with zero attached hydrogens (tertiary/aromatic N) is 1. The molecule has 0 saturated carbocycles. The molecule has 1 amide bonds. The second-order valence-corrected chi connectivity index (χ2v) is 22.2. The normalized spacial score (nSPS) is 14.6. The monoisotopic (exact) mass is 1060 g/mol. The Morgan fingerprint density at radius 2 is 0.853 bits per heavy atom. The molecule has 0 heterocycles. The smallest absolute Gasteiger partial charge is 0.306 e. The van der Waals surface area contributed by atoms with Gasteiger partial charge in [0.05, 0.1) is 33.8 Å². The summed E-state index contributed by atoms with van der Waals surface area (Å²) in [6.07, 6.45) is 74.5. The van der Waals surface area contributed by atoms with E-state index in [4.69, 9.17) is 13.8 Å². The number of hydrogen-bond donors (Lipinski definition) is 1. The van der Waals surface area contributed by atoms with Crippen molar-refractivity contribution in [3.8, 4) is 0 Å². The lowest BCUT2D eigenvalue weighted by molar-refractivity contribution is -0.870. The first-order valence-electron chi connectivity index (χ1n) is 29.8. The van der Waals surface area contributed by atoms with Crippen LogP contribution >= 0.6 is 7.82 Å². The highest BCUT2D eigenvalue weighted by Gasteiger charge is 2.27. The van der Waals surface area contributed by atoms with Crippen molar-refractivity contribution in [1.82, 2.24) is 5.32 Å². The number of hydrogen-bond acceptors (Lipinski definition) is 7. The van der Waals surface area contributed by atoms with Gasteiger partial charge in [-0.2, -0.15) is 0 Å². The number of esters is 1. The Kier molecular flexibility index (Phi) is 51.2. The summed E-state index contributed by atoms with van der Waals surface area (Å²) in [6.45, 7) is 6.62. The van der Waals surface area contributed by atoms with Gasteiger partial charge < -0.3 is 28.5 Å². The molecule has 3 unspecified atom stereocenters. The number of amides is 1. The molecule has 0 aromatic rings. The maximum atomic E-state index is 13.5. The van der Waals surface area contributed by atoms with Crippen molar-refractivity contribution in [2.24, 2.45) is 0 Å². The molecular weight excluding hydrogens is 952 g/mol. The third kappa shape index (κ3) is 55.0. The van der Waals surface area contributed by atoms with E-state index in [0.29, 0.717) is 23.9 Å². The Balaban J connectivity index is 5.41. The maximum Gasteiger partial charge on any atom is 0.306 e. The van der Waals surface area contributed by atoms with E-state index >= 15 is 0 Å². The second-order valence-electron chi connectivity index (χ2n) is 20.8. The molecule has 428 valence electrons. The Morgan fingerprint density at radius 1 is 0.480 bits per heavy atom. The molecule has 75 heavy (non-hydrogen) atoms. The second kappa shape index (κ2) is 53.8. The number of nitrogens with one attached hydrogen (secondary N) is 1. The van der Waals surface area contributed by atoms with E-state index in [2.05, 4.69) is 135 Å². The standard InChI is InChI=1S/C65H111N2O7P/c1-7-10-13-16-19-22-25-27-29-31-33-35-37-39-42-45-48-51-54-57-64(68)66-62(61-73-75(70,71)72-60-59-67(4,5)6)63(56-53-50-47-44-41-24-21-18-15-12-9-3)74-65(69)58-55-52-49-46-43-40-38-36-34-32-30-28-26-23-20-17-14-11-8-2/h11,14,19-20,22-23,27-30,33-36,39-40,42-43,53,56,62-63H,7-10,12-13,15-18,21,24-26,31-32,37-38,41,44-52,54-55,57-61H2,1-6H3,(H-,66,68,70,71)/b14-11-,22-19-,23-20-,29-27-,30-28-,35-33-,36-34-,42-39-,43-40-,56-53+. The van der Waals surface area contributed by atoms with Crippen molar-refractivity contribution in [3.05, 3.63) is 122 Å². The summed E-state index contributed by atoms with van der Waals surface area (Å²) in [5.41, 5.74) is 0.